The highest BCUT2D eigenvalue weighted by Crippen LogP contribution is 2.38. The van der Waals surface area contributed by atoms with Gasteiger partial charge in [0.15, 0.2) is 0 Å². The Morgan fingerprint density at radius 3 is 2.43 bits per heavy atom. The predicted octanol–water partition coefficient (Wildman–Crippen LogP) is 5.03. The monoisotopic (exact) mass is 405 g/mol. The van der Waals surface area contributed by atoms with Crippen molar-refractivity contribution in [1.29, 1.82) is 5.26 Å². The Labute approximate surface area is 177 Å². The van der Waals surface area contributed by atoms with Crippen LogP contribution in [0.25, 0.3) is 0 Å². The molecule has 0 radical (unpaired) electrons. The summed E-state index contributed by atoms with van der Waals surface area (Å²) in [6, 6.07) is 16.6. The maximum absolute atomic E-state index is 13.4. The molecule has 0 aliphatic heterocycles. The zero-order chi connectivity index (χ0) is 21.5. The number of nitrogens with zero attached hydrogens (tertiary/aromatic N) is 1. The van der Waals surface area contributed by atoms with Gasteiger partial charge in [-0.25, -0.2) is 0 Å². The number of hydrogen-bond donors (Lipinski definition) is 1. The average molecular weight is 405 g/mol. The van der Waals surface area contributed by atoms with Gasteiger partial charge >= 0.3 is 11.9 Å². The quantitative estimate of drug-likeness (QED) is 0.515. The van der Waals surface area contributed by atoms with E-state index in [2.05, 4.69) is 0 Å². The molecule has 2 aromatic rings. The zero-order valence-corrected chi connectivity index (χ0v) is 17.2. The van der Waals surface area contributed by atoms with Gasteiger partial charge in [0.2, 0.25) is 0 Å². The summed E-state index contributed by atoms with van der Waals surface area (Å²) in [7, 11) is 0. The third-order valence-electron chi connectivity index (χ3n) is 5.96. The third kappa shape index (κ3) is 5.07. The molecule has 2 unspecified atom stereocenters. The van der Waals surface area contributed by atoms with Crippen LogP contribution >= 0.6 is 0 Å². The lowest BCUT2D eigenvalue weighted by molar-refractivity contribution is -0.139. The number of ether oxygens (including phenoxy) is 1. The van der Waals surface area contributed by atoms with Crippen molar-refractivity contribution in [1.82, 2.24) is 0 Å². The number of nitriles is 1. The molecule has 0 aromatic heterocycles. The molecule has 0 amide bonds. The lowest BCUT2D eigenvalue weighted by Gasteiger charge is -2.30. The standard InChI is InChI=1S/C25H27NO4/c1-17-9-5-7-13-21(17)23(18-10-3-2-4-11-18)25(29)30-22-14-8-6-12-19(22)15-20(16-26)24(27)28/h5-9,12-14,18,20,23H,2-4,10-11,15H2,1H3,(H,27,28). The van der Waals surface area contributed by atoms with Crippen LogP contribution < -0.4 is 4.74 Å². The number of carbonyl (C=O) groups is 2. The van der Waals surface area contributed by atoms with E-state index >= 15 is 0 Å². The number of aryl methyl sites for hydroxylation is 1. The van der Waals surface area contributed by atoms with Gasteiger partial charge in [0, 0.05) is 6.42 Å². The number of esters is 1. The Kier molecular flexibility index (Phi) is 7.24. The largest absolute Gasteiger partial charge is 0.480 e. The van der Waals surface area contributed by atoms with Crippen molar-refractivity contribution in [2.45, 2.75) is 51.4 Å². The van der Waals surface area contributed by atoms with Gasteiger partial charge in [-0.2, -0.15) is 5.26 Å². The lowest BCUT2D eigenvalue weighted by Crippen LogP contribution is -2.28. The SMILES string of the molecule is Cc1ccccc1C(C(=O)Oc1ccccc1CC(C#N)C(=O)O)C1CCCCC1. The number of benzene rings is 2. The molecule has 156 valence electrons. The maximum atomic E-state index is 13.4. The fraction of sp³-hybridized carbons (Fsp3) is 0.400. The molecule has 0 heterocycles. The van der Waals surface area contributed by atoms with Crippen LogP contribution in [-0.2, 0) is 16.0 Å². The summed E-state index contributed by atoms with van der Waals surface area (Å²) in [5, 5.41) is 18.3. The normalized spacial score (nSPS) is 16.3. The fourth-order valence-electron chi connectivity index (χ4n) is 4.33. The van der Waals surface area contributed by atoms with Crippen molar-refractivity contribution < 1.29 is 19.4 Å². The number of carbonyl (C=O) groups excluding carboxylic acids is 1. The summed E-state index contributed by atoms with van der Waals surface area (Å²) in [5.74, 6) is -2.48. The zero-order valence-electron chi connectivity index (χ0n) is 17.2. The highest BCUT2D eigenvalue weighted by molar-refractivity contribution is 5.81. The molecule has 1 fully saturated rings. The number of para-hydroxylation sites is 1. The highest BCUT2D eigenvalue weighted by atomic mass is 16.5. The average Bonchev–Trinajstić information content (AvgIpc) is 2.75. The van der Waals surface area contributed by atoms with Crippen LogP contribution in [0.5, 0.6) is 5.75 Å². The highest BCUT2D eigenvalue weighted by Gasteiger charge is 2.34. The molecule has 0 spiro atoms. The number of hydrogen-bond acceptors (Lipinski definition) is 4. The minimum Gasteiger partial charge on any atom is -0.480 e. The fourth-order valence-corrected chi connectivity index (χ4v) is 4.33. The molecule has 2 aromatic carbocycles. The van der Waals surface area contributed by atoms with Crippen LogP contribution in [0.3, 0.4) is 0 Å². The van der Waals surface area contributed by atoms with E-state index < -0.39 is 11.9 Å². The molecule has 1 saturated carbocycles. The second-order valence-electron chi connectivity index (χ2n) is 7.99. The summed E-state index contributed by atoms with van der Waals surface area (Å²) in [6.45, 7) is 2.01. The van der Waals surface area contributed by atoms with Gasteiger partial charge in [0.05, 0.1) is 12.0 Å². The van der Waals surface area contributed by atoms with Crippen molar-refractivity contribution in [2.24, 2.45) is 11.8 Å². The van der Waals surface area contributed by atoms with E-state index in [-0.39, 0.29) is 24.2 Å². The molecule has 5 nitrogen and oxygen atoms in total. The molecule has 2 atom stereocenters. The first-order valence-corrected chi connectivity index (χ1v) is 10.5. The van der Waals surface area contributed by atoms with E-state index in [4.69, 9.17) is 10.00 Å². The van der Waals surface area contributed by atoms with Crippen LogP contribution in [0.15, 0.2) is 48.5 Å². The summed E-state index contributed by atoms with van der Waals surface area (Å²) in [6.07, 6.45) is 5.39. The first-order valence-electron chi connectivity index (χ1n) is 10.5. The Bertz CT molecular complexity index is 940. The van der Waals surface area contributed by atoms with E-state index in [9.17, 15) is 14.7 Å². The lowest BCUT2D eigenvalue weighted by atomic mass is 9.76. The van der Waals surface area contributed by atoms with Gasteiger partial charge in [-0.3, -0.25) is 9.59 Å². The molecular formula is C25H27NO4. The molecule has 3 rings (SSSR count). The smallest absolute Gasteiger partial charge is 0.321 e. The van der Waals surface area contributed by atoms with Gasteiger partial charge in [0.1, 0.15) is 11.7 Å². The summed E-state index contributed by atoms with van der Waals surface area (Å²) in [5.41, 5.74) is 2.60. The summed E-state index contributed by atoms with van der Waals surface area (Å²) < 4.78 is 5.85. The van der Waals surface area contributed by atoms with Gasteiger partial charge in [-0.15, -0.1) is 0 Å². The van der Waals surface area contributed by atoms with Crippen LogP contribution in [0.2, 0.25) is 0 Å². The molecule has 1 N–H and O–H groups in total. The topological polar surface area (TPSA) is 87.4 Å². The van der Waals surface area contributed by atoms with Gasteiger partial charge in [-0.1, -0.05) is 61.7 Å². The number of aliphatic carboxylic acids is 1. The van der Waals surface area contributed by atoms with Gasteiger partial charge in [-0.05, 0) is 48.4 Å². The van der Waals surface area contributed by atoms with Gasteiger partial charge in [0.25, 0.3) is 0 Å². The molecule has 1 aliphatic carbocycles. The second kappa shape index (κ2) is 10.1. The minimum absolute atomic E-state index is 0.00620. The van der Waals surface area contributed by atoms with Crippen LogP contribution in [0.4, 0.5) is 0 Å². The van der Waals surface area contributed by atoms with E-state index in [1.54, 1.807) is 30.3 Å². The molecule has 0 saturated heterocycles. The summed E-state index contributed by atoms with van der Waals surface area (Å²) in [4.78, 5) is 24.7. The molecular weight excluding hydrogens is 378 g/mol. The Balaban J connectivity index is 1.89. The van der Waals surface area contributed by atoms with E-state index in [0.29, 0.717) is 11.3 Å². The van der Waals surface area contributed by atoms with Crippen LogP contribution in [0, 0.1) is 30.1 Å². The number of rotatable bonds is 7. The van der Waals surface area contributed by atoms with Crippen molar-refractivity contribution in [3.63, 3.8) is 0 Å². The first-order chi connectivity index (χ1) is 14.5. The molecule has 5 heteroatoms. The van der Waals surface area contributed by atoms with Crippen molar-refractivity contribution in [2.75, 3.05) is 0 Å². The molecule has 1 aliphatic rings. The first kappa shape index (κ1) is 21.6. The maximum Gasteiger partial charge on any atom is 0.321 e. The molecule has 30 heavy (non-hydrogen) atoms. The Morgan fingerprint density at radius 2 is 1.77 bits per heavy atom. The van der Waals surface area contributed by atoms with Crippen LogP contribution in [-0.4, -0.2) is 17.0 Å². The third-order valence-corrected chi connectivity index (χ3v) is 5.96. The minimum atomic E-state index is -1.18. The van der Waals surface area contributed by atoms with Crippen molar-refractivity contribution >= 4 is 11.9 Å². The Hall–Kier alpha value is -3.13. The molecule has 0 bridgehead atoms. The van der Waals surface area contributed by atoms with E-state index in [1.165, 1.54) is 6.42 Å². The summed E-state index contributed by atoms with van der Waals surface area (Å²) >= 11 is 0. The number of carboxylic acids is 1. The number of carboxylic acid groups (broad SMARTS) is 1. The predicted molar refractivity (Wildman–Crippen MR) is 113 cm³/mol. The second-order valence-corrected chi connectivity index (χ2v) is 7.99. The van der Waals surface area contributed by atoms with Crippen molar-refractivity contribution in [3.8, 4) is 11.8 Å². The van der Waals surface area contributed by atoms with Crippen LogP contribution in [0.1, 0.15) is 54.7 Å². The van der Waals surface area contributed by atoms with E-state index in [0.717, 1.165) is 36.8 Å². The Morgan fingerprint density at radius 1 is 1.10 bits per heavy atom. The van der Waals surface area contributed by atoms with E-state index in [1.807, 2.05) is 31.2 Å². The van der Waals surface area contributed by atoms with Gasteiger partial charge < -0.3 is 9.84 Å². The van der Waals surface area contributed by atoms with Crippen molar-refractivity contribution in [3.05, 3.63) is 65.2 Å².